The van der Waals surface area contributed by atoms with E-state index in [1.165, 1.54) is 6.07 Å². The van der Waals surface area contributed by atoms with Gasteiger partial charge in [0.25, 0.3) is 5.91 Å². The van der Waals surface area contributed by atoms with E-state index in [0.29, 0.717) is 6.54 Å². The number of aliphatic carboxylic acids is 2. The van der Waals surface area contributed by atoms with Crippen molar-refractivity contribution in [2.75, 3.05) is 6.54 Å². The van der Waals surface area contributed by atoms with E-state index in [4.69, 9.17) is 16.7 Å². The number of carboxylic acids is 2. The lowest BCUT2D eigenvalue weighted by molar-refractivity contribution is -0.139. The summed E-state index contributed by atoms with van der Waals surface area (Å²) in [4.78, 5) is 34.8. The van der Waals surface area contributed by atoms with Crippen molar-refractivity contribution in [2.24, 2.45) is 0 Å². The highest BCUT2D eigenvalue weighted by Gasteiger charge is 2.22. The number of rotatable bonds is 10. The molecule has 0 aliphatic carbocycles. The summed E-state index contributed by atoms with van der Waals surface area (Å²) in [6, 6.07) is 20.5. The second kappa shape index (κ2) is 11.3. The van der Waals surface area contributed by atoms with Gasteiger partial charge in [0, 0.05) is 13.0 Å². The van der Waals surface area contributed by atoms with Crippen LogP contribution in [-0.4, -0.2) is 40.6 Å². The smallest absolute Gasteiger partial charge is 0.326 e. The molecule has 0 aromatic heterocycles. The molecular weight excluding hydrogens is 444 g/mol. The molecule has 0 aliphatic rings. The first-order valence-electron chi connectivity index (χ1n) is 10.2. The van der Waals surface area contributed by atoms with Crippen LogP contribution in [0.5, 0.6) is 0 Å². The van der Waals surface area contributed by atoms with Gasteiger partial charge >= 0.3 is 11.9 Å². The van der Waals surface area contributed by atoms with Crippen LogP contribution in [0.4, 0.5) is 0 Å². The van der Waals surface area contributed by atoms with Crippen LogP contribution in [0.1, 0.15) is 21.5 Å². The molecule has 0 radical (unpaired) electrons. The third kappa shape index (κ3) is 6.90. The zero-order valence-electron chi connectivity index (χ0n) is 17.6. The summed E-state index contributed by atoms with van der Waals surface area (Å²) >= 11 is 6.03. The third-order valence-corrected chi connectivity index (χ3v) is 5.31. The molecule has 0 heterocycles. The molecule has 1 amide bonds. The first-order valence-corrected chi connectivity index (χ1v) is 10.6. The lowest BCUT2D eigenvalue weighted by Crippen LogP contribution is -2.42. The van der Waals surface area contributed by atoms with Crippen LogP contribution < -0.4 is 10.6 Å². The summed E-state index contributed by atoms with van der Waals surface area (Å²) in [6.45, 7) is 0.320. The quantitative estimate of drug-likeness (QED) is 0.363. The molecule has 8 heteroatoms. The monoisotopic (exact) mass is 466 g/mol. The first-order chi connectivity index (χ1) is 15.8. The number of amides is 1. The van der Waals surface area contributed by atoms with Crippen molar-refractivity contribution in [3.05, 3.63) is 94.5 Å². The number of halogens is 1. The Hall–Kier alpha value is -3.68. The molecule has 33 heavy (non-hydrogen) atoms. The number of carbonyl (C=O) groups excluding carboxylic acids is 1. The molecule has 0 saturated carbocycles. The summed E-state index contributed by atoms with van der Waals surface area (Å²) in [5.41, 5.74) is 3.82. The van der Waals surface area contributed by atoms with Crippen molar-refractivity contribution in [3.63, 3.8) is 0 Å². The highest BCUT2D eigenvalue weighted by molar-refractivity contribution is 6.33. The zero-order chi connectivity index (χ0) is 23.8. The minimum Gasteiger partial charge on any atom is -0.480 e. The average molecular weight is 467 g/mol. The SMILES string of the molecule is O=C(O)CNCc1cccc(-c2ccc(C[C@H](NC(=O)c3ccccc3Cl)C(=O)O)cc2)c1. The van der Waals surface area contributed by atoms with Crippen molar-refractivity contribution in [1.82, 2.24) is 10.6 Å². The zero-order valence-corrected chi connectivity index (χ0v) is 18.4. The normalized spacial score (nSPS) is 11.5. The first kappa shape index (κ1) is 24.0. The summed E-state index contributed by atoms with van der Waals surface area (Å²) < 4.78 is 0. The van der Waals surface area contributed by atoms with Crippen molar-refractivity contribution in [3.8, 4) is 11.1 Å². The summed E-state index contributed by atoms with van der Waals surface area (Å²) in [5, 5.41) is 24.0. The fourth-order valence-corrected chi connectivity index (χ4v) is 3.55. The third-order valence-electron chi connectivity index (χ3n) is 4.98. The molecule has 0 saturated heterocycles. The molecule has 1 atom stereocenters. The van der Waals surface area contributed by atoms with E-state index in [0.717, 1.165) is 22.3 Å². The van der Waals surface area contributed by atoms with Crippen LogP contribution in [0.15, 0.2) is 72.8 Å². The highest BCUT2D eigenvalue weighted by atomic mass is 35.5. The van der Waals surface area contributed by atoms with Gasteiger partial charge in [-0.05, 0) is 40.5 Å². The van der Waals surface area contributed by atoms with Crippen molar-refractivity contribution >= 4 is 29.4 Å². The molecular formula is C25H23ClN2O5. The van der Waals surface area contributed by atoms with Gasteiger partial charge in [-0.15, -0.1) is 0 Å². The molecule has 0 bridgehead atoms. The molecule has 0 unspecified atom stereocenters. The lowest BCUT2D eigenvalue weighted by atomic mass is 9.99. The maximum atomic E-state index is 12.5. The Labute approximate surface area is 196 Å². The minimum absolute atomic E-state index is 0.114. The molecule has 7 nitrogen and oxygen atoms in total. The van der Waals surface area contributed by atoms with Crippen molar-refractivity contribution < 1.29 is 24.6 Å². The van der Waals surface area contributed by atoms with Crippen molar-refractivity contribution in [2.45, 2.75) is 19.0 Å². The lowest BCUT2D eigenvalue weighted by Gasteiger charge is -2.15. The molecule has 0 spiro atoms. The van der Waals surface area contributed by atoms with Gasteiger partial charge in [-0.1, -0.05) is 66.2 Å². The van der Waals surface area contributed by atoms with E-state index >= 15 is 0 Å². The highest BCUT2D eigenvalue weighted by Crippen LogP contribution is 2.22. The van der Waals surface area contributed by atoms with E-state index in [-0.39, 0.29) is 23.6 Å². The largest absolute Gasteiger partial charge is 0.480 e. The summed E-state index contributed by atoms with van der Waals surface area (Å²) in [7, 11) is 0. The molecule has 0 aliphatic heterocycles. The van der Waals surface area contributed by atoms with Crippen LogP contribution in [0.25, 0.3) is 11.1 Å². The Morgan fingerprint density at radius 2 is 1.58 bits per heavy atom. The Morgan fingerprint density at radius 1 is 0.848 bits per heavy atom. The second-order valence-electron chi connectivity index (χ2n) is 7.44. The van der Waals surface area contributed by atoms with Gasteiger partial charge in [-0.2, -0.15) is 0 Å². The number of carbonyl (C=O) groups is 3. The summed E-state index contributed by atoms with van der Waals surface area (Å²) in [6.07, 6.45) is 0.116. The molecule has 170 valence electrons. The van der Waals surface area contributed by atoms with E-state index in [9.17, 15) is 19.5 Å². The number of hydrogen-bond donors (Lipinski definition) is 4. The van der Waals surface area contributed by atoms with Gasteiger partial charge in [-0.25, -0.2) is 4.79 Å². The van der Waals surface area contributed by atoms with E-state index in [2.05, 4.69) is 10.6 Å². The van der Waals surface area contributed by atoms with Gasteiger partial charge < -0.3 is 20.8 Å². The number of benzene rings is 3. The van der Waals surface area contributed by atoms with Gasteiger partial charge in [0.05, 0.1) is 17.1 Å². The molecule has 3 aromatic rings. The van der Waals surface area contributed by atoms with Gasteiger partial charge in [-0.3, -0.25) is 9.59 Å². The van der Waals surface area contributed by atoms with Crippen LogP contribution in [0, 0.1) is 0 Å². The molecule has 3 rings (SSSR count). The van der Waals surface area contributed by atoms with E-state index < -0.39 is 23.9 Å². The summed E-state index contributed by atoms with van der Waals surface area (Å²) in [5.74, 6) is -2.59. The fraction of sp³-hybridized carbons (Fsp3) is 0.160. The van der Waals surface area contributed by atoms with Crippen LogP contribution in [0.2, 0.25) is 5.02 Å². The van der Waals surface area contributed by atoms with Gasteiger partial charge in [0.15, 0.2) is 0 Å². The number of nitrogens with one attached hydrogen (secondary N) is 2. The van der Waals surface area contributed by atoms with Crippen LogP contribution in [0.3, 0.4) is 0 Å². The van der Waals surface area contributed by atoms with E-state index in [1.54, 1.807) is 18.2 Å². The molecule has 0 fully saturated rings. The second-order valence-corrected chi connectivity index (χ2v) is 7.85. The molecule has 3 aromatic carbocycles. The van der Waals surface area contributed by atoms with Crippen molar-refractivity contribution in [1.29, 1.82) is 0 Å². The maximum absolute atomic E-state index is 12.5. The molecule has 4 N–H and O–H groups in total. The number of hydrogen-bond acceptors (Lipinski definition) is 4. The van der Waals surface area contributed by atoms with Gasteiger partial charge in [0.1, 0.15) is 6.04 Å². The number of carboxylic acid groups (broad SMARTS) is 2. The van der Waals surface area contributed by atoms with Crippen LogP contribution in [-0.2, 0) is 22.6 Å². The minimum atomic E-state index is -1.14. The topological polar surface area (TPSA) is 116 Å². The average Bonchev–Trinajstić information content (AvgIpc) is 2.79. The Bertz CT molecular complexity index is 1150. The standard InChI is InChI=1S/C25H23ClN2O5/c26-21-7-2-1-6-20(21)24(31)28-22(25(32)33)13-16-8-10-18(11-9-16)19-5-3-4-17(12-19)14-27-15-23(29)30/h1-12,22,27H,13-15H2,(H,28,31)(H,29,30)(H,32,33)/t22-/m0/s1. The Balaban J connectivity index is 1.67. The fourth-order valence-electron chi connectivity index (χ4n) is 3.33. The predicted octanol–water partition coefficient (Wildman–Crippen LogP) is 3.61. The van der Waals surface area contributed by atoms with Gasteiger partial charge in [0.2, 0.25) is 0 Å². The predicted molar refractivity (Wildman–Crippen MR) is 125 cm³/mol. The maximum Gasteiger partial charge on any atom is 0.326 e. The van der Waals surface area contributed by atoms with Crippen LogP contribution >= 0.6 is 11.6 Å². The Morgan fingerprint density at radius 3 is 2.24 bits per heavy atom. The van der Waals surface area contributed by atoms with E-state index in [1.807, 2.05) is 48.5 Å². The Kier molecular flexibility index (Phi) is 8.18.